The Kier molecular flexibility index (Phi) is 6.38. The van der Waals surface area contributed by atoms with Crippen LogP contribution in [0.2, 0.25) is 0 Å². The number of aryl methyl sites for hydroxylation is 2. The van der Waals surface area contributed by atoms with Crippen molar-refractivity contribution in [2.45, 2.75) is 44.5 Å². The summed E-state index contributed by atoms with van der Waals surface area (Å²) in [5, 5.41) is 44.5. The Labute approximate surface area is 200 Å². The second kappa shape index (κ2) is 8.83. The highest BCUT2D eigenvalue weighted by Crippen LogP contribution is 2.37. The molecule has 4 aromatic rings. The molecule has 5 N–H and O–H groups in total. The van der Waals surface area contributed by atoms with Crippen LogP contribution in [0.4, 0.5) is 0 Å². The first-order valence-corrected chi connectivity index (χ1v) is 10.6. The van der Waals surface area contributed by atoms with Gasteiger partial charge in [-0.3, -0.25) is 0 Å². The number of aromatic amines is 1. The van der Waals surface area contributed by atoms with E-state index in [2.05, 4.69) is 18.8 Å². The van der Waals surface area contributed by atoms with Crippen molar-refractivity contribution < 1.29 is 51.4 Å². The van der Waals surface area contributed by atoms with Gasteiger partial charge in [0.25, 0.3) is 6.23 Å². The van der Waals surface area contributed by atoms with Gasteiger partial charge in [0.2, 0.25) is 0 Å². The fraction of sp³-hybridized carbons (Fsp3) is 0.375. The summed E-state index contributed by atoms with van der Waals surface area (Å²) in [6.07, 6.45) is -2.43. The number of methoxy groups -OCH3 is 1. The Morgan fingerprint density at radius 2 is 1.76 bits per heavy atom. The Hall–Kier alpha value is -2.27. The Morgan fingerprint density at radius 1 is 1.00 bits per heavy atom. The van der Waals surface area contributed by atoms with E-state index in [1.165, 1.54) is 0 Å². The minimum atomic E-state index is -1.43. The van der Waals surface area contributed by atoms with Gasteiger partial charge in [-0.1, -0.05) is 0 Å². The molecule has 0 saturated carbocycles. The van der Waals surface area contributed by atoms with Gasteiger partial charge in [0, 0.05) is 27.7 Å². The molecule has 5 unspecified atom stereocenters. The number of pyridine rings is 1. The average Bonchev–Trinajstić information content (AvgIpc) is 3.20. The quantitative estimate of drug-likeness (QED) is 0.208. The second-order valence-electron chi connectivity index (χ2n) is 8.48. The standard InChI is InChI=1S/C24H26N2O6.BrH/c1-11-16-9-26(24-23(30)22(29)21(28)18(10-27)32-24)7-6-14(16)12(2)20-19(11)15-8-13(31-3)4-5-17(15)25-20;/h4-9,18,21-24,27-30H,10H2,1-3H3;1H. The van der Waals surface area contributed by atoms with Gasteiger partial charge in [0.1, 0.15) is 24.1 Å². The number of halogens is 1. The second-order valence-corrected chi connectivity index (χ2v) is 8.48. The van der Waals surface area contributed by atoms with Gasteiger partial charge in [-0.05, 0) is 48.6 Å². The van der Waals surface area contributed by atoms with Gasteiger partial charge in [0.05, 0.1) is 19.2 Å². The van der Waals surface area contributed by atoms with Crippen LogP contribution in [0, 0.1) is 13.8 Å². The summed E-state index contributed by atoms with van der Waals surface area (Å²) in [4.78, 5) is 3.52. The third-order valence-corrected chi connectivity index (χ3v) is 6.71. The zero-order valence-corrected chi connectivity index (χ0v) is 20.1. The Balaban J connectivity index is 0.00000259. The van der Waals surface area contributed by atoms with Gasteiger partial charge in [-0.15, -0.1) is 0 Å². The zero-order chi connectivity index (χ0) is 22.7. The van der Waals surface area contributed by atoms with Crippen LogP contribution in [-0.4, -0.2) is 63.5 Å². The summed E-state index contributed by atoms with van der Waals surface area (Å²) in [5.74, 6) is 0.778. The molecule has 9 heteroatoms. The fourth-order valence-corrected chi connectivity index (χ4v) is 4.86. The predicted octanol–water partition coefficient (Wildman–Crippen LogP) is -1.64. The first kappa shape index (κ1) is 23.9. The van der Waals surface area contributed by atoms with Crippen LogP contribution < -0.4 is 26.3 Å². The molecule has 1 fully saturated rings. The molecule has 33 heavy (non-hydrogen) atoms. The number of hydrogen-bond acceptors (Lipinski definition) is 6. The normalized spacial score (nSPS) is 25.5. The van der Waals surface area contributed by atoms with Crippen LogP contribution >= 0.6 is 0 Å². The number of hydrogen-bond donors (Lipinski definition) is 5. The number of benzene rings is 2. The molecule has 0 radical (unpaired) electrons. The van der Waals surface area contributed by atoms with E-state index in [4.69, 9.17) is 9.47 Å². The van der Waals surface area contributed by atoms with E-state index in [1.807, 2.05) is 30.5 Å². The molecule has 8 nitrogen and oxygen atoms in total. The first-order valence-electron chi connectivity index (χ1n) is 10.6. The molecular weight excluding hydrogens is 492 g/mol. The lowest BCUT2D eigenvalue weighted by Gasteiger charge is -2.36. The summed E-state index contributed by atoms with van der Waals surface area (Å²) in [6.45, 7) is 3.65. The maximum Gasteiger partial charge on any atom is 0.292 e. The molecule has 3 heterocycles. The van der Waals surface area contributed by atoms with Crippen molar-refractivity contribution in [3.8, 4) is 5.75 Å². The van der Waals surface area contributed by atoms with E-state index in [1.54, 1.807) is 17.9 Å². The van der Waals surface area contributed by atoms with Crippen molar-refractivity contribution >= 4 is 32.6 Å². The number of ether oxygens (including phenoxy) is 2. The van der Waals surface area contributed by atoms with E-state index in [9.17, 15) is 20.4 Å². The van der Waals surface area contributed by atoms with Crippen LogP contribution in [-0.2, 0) is 4.74 Å². The van der Waals surface area contributed by atoms with E-state index >= 15 is 0 Å². The lowest BCUT2D eigenvalue weighted by atomic mass is 9.96. The van der Waals surface area contributed by atoms with Crippen LogP contribution in [0.25, 0.3) is 32.6 Å². The van der Waals surface area contributed by atoms with Crippen LogP contribution in [0.3, 0.4) is 0 Å². The van der Waals surface area contributed by atoms with Gasteiger partial charge in [-0.25, -0.2) is 0 Å². The van der Waals surface area contributed by atoms with Crippen LogP contribution in [0.15, 0.2) is 36.7 Å². The Morgan fingerprint density at radius 3 is 2.45 bits per heavy atom. The van der Waals surface area contributed by atoms with E-state index in [0.29, 0.717) is 0 Å². The molecule has 0 spiro atoms. The molecule has 0 bridgehead atoms. The van der Waals surface area contributed by atoms with Gasteiger partial charge >= 0.3 is 0 Å². The van der Waals surface area contributed by atoms with E-state index in [-0.39, 0.29) is 17.0 Å². The minimum absolute atomic E-state index is 0. The lowest BCUT2D eigenvalue weighted by Crippen LogP contribution is -3.00. The number of nitrogens with one attached hydrogen (secondary N) is 1. The molecule has 5 rings (SSSR count). The minimum Gasteiger partial charge on any atom is -1.00 e. The van der Waals surface area contributed by atoms with Crippen LogP contribution in [0.5, 0.6) is 5.75 Å². The molecular formula is C24H27BrN2O6. The highest BCUT2D eigenvalue weighted by Gasteiger charge is 2.48. The van der Waals surface area contributed by atoms with E-state index in [0.717, 1.165) is 49.5 Å². The van der Waals surface area contributed by atoms with Crippen molar-refractivity contribution in [2.75, 3.05) is 13.7 Å². The lowest BCUT2D eigenvalue weighted by molar-refractivity contribution is -0.777. The van der Waals surface area contributed by atoms with Crippen molar-refractivity contribution in [1.82, 2.24) is 4.98 Å². The summed E-state index contributed by atoms with van der Waals surface area (Å²) < 4.78 is 12.8. The zero-order valence-electron chi connectivity index (χ0n) is 18.5. The maximum absolute atomic E-state index is 10.6. The summed E-state index contributed by atoms with van der Waals surface area (Å²) in [6, 6.07) is 7.90. The largest absolute Gasteiger partial charge is 1.00 e. The highest BCUT2D eigenvalue weighted by atomic mass is 79.9. The molecule has 0 amide bonds. The fourth-order valence-electron chi connectivity index (χ4n) is 4.86. The average molecular weight is 519 g/mol. The molecule has 2 aromatic carbocycles. The van der Waals surface area contributed by atoms with Crippen LogP contribution in [0.1, 0.15) is 17.4 Å². The number of fused-ring (bicyclic) bond motifs is 4. The topological polar surface area (TPSA) is 119 Å². The number of H-pyrrole nitrogens is 1. The van der Waals surface area contributed by atoms with Gasteiger partial charge in [0.15, 0.2) is 18.5 Å². The van der Waals surface area contributed by atoms with Gasteiger partial charge < -0.3 is 51.9 Å². The summed E-state index contributed by atoms with van der Waals surface area (Å²) in [7, 11) is 1.65. The third kappa shape index (κ3) is 3.60. The predicted molar refractivity (Wildman–Crippen MR) is 119 cm³/mol. The number of aliphatic hydroxyl groups is 4. The van der Waals surface area contributed by atoms with E-state index < -0.39 is 37.3 Å². The SMILES string of the molecule is COc1ccc2[nH]c3c(C)c4cc[n+](C5OC(CO)C(O)C(O)C5O)cc4c(C)c3c2c1.[Br-]. The number of aliphatic hydroxyl groups excluding tert-OH is 4. The maximum atomic E-state index is 10.6. The molecule has 5 atom stereocenters. The third-order valence-electron chi connectivity index (χ3n) is 6.71. The summed E-state index contributed by atoms with van der Waals surface area (Å²) in [5.41, 5.74) is 4.23. The van der Waals surface area contributed by atoms with Crippen molar-refractivity contribution in [3.05, 3.63) is 47.8 Å². The smallest absolute Gasteiger partial charge is 0.292 e. The van der Waals surface area contributed by atoms with Crippen molar-refractivity contribution in [1.29, 1.82) is 0 Å². The molecule has 1 saturated heterocycles. The molecule has 0 aliphatic carbocycles. The summed E-state index contributed by atoms with van der Waals surface area (Å²) >= 11 is 0. The highest BCUT2D eigenvalue weighted by molar-refractivity contribution is 6.16. The monoisotopic (exact) mass is 518 g/mol. The number of aromatic nitrogens is 2. The molecule has 176 valence electrons. The van der Waals surface area contributed by atoms with Gasteiger partial charge in [-0.2, -0.15) is 4.57 Å². The number of rotatable bonds is 3. The molecule has 1 aliphatic rings. The number of nitrogens with zero attached hydrogens (tertiary/aromatic N) is 1. The first-order chi connectivity index (χ1) is 15.3. The van der Waals surface area contributed by atoms with Crippen molar-refractivity contribution in [2.24, 2.45) is 0 Å². The molecule has 2 aromatic heterocycles. The molecule has 1 aliphatic heterocycles. The van der Waals surface area contributed by atoms with Crippen molar-refractivity contribution in [3.63, 3.8) is 0 Å². The Bertz CT molecular complexity index is 1340.